The fourth-order valence-corrected chi connectivity index (χ4v) is 2.78. The molecular weight excluding hydrogens is 246 g/mol. The molecule has 0 saturated carbocycles. The van der Waals surface area contributed by atoms with E-state index in [1.807, 2.05) is 26.0 Å². The molecule has 2 unspecified atom stereocenters. The average molecular weight is 271 g/mol. The van der Waals surface area contributed by atoms with E-state index < -0.39 is 5.41 Å². The van der Waals surface area contributed by atoms with Gasteiger partial charge in [-0.25, -0.2) is 0 Å². The van der Waals surface area contributed by atoms with E-state index in [2.05, 4.69) is 35.8 Å². The first-order chi connectivity index (χ1) is 9.51. The zero-order valence-corrected chi connectivity index (χ0v) is 12.7. The van der Waals surface area contributed by atoms with Gasteiger partial charge in [-0.1, -0.05) is 12.1 Å². The first kappa shape index (κ1) is 14.9. The highest BCUT2D eigenvalue weighted by Gasteiger charge is 2.20. The highest BCUT2D eigenvalue weighted by atomic mass is 15.0. The number of nitrogens with zero attached hydrogens (tertiary/aromatic N) is 1. The number of hydrogen-bond acceptors (Lipinski definition) is 3. The van der Waals surface area contributed by atoms with E-state index in [1.54, 1.807) is 0 Å². The van der Waals surface area contributed by atoms with Crippen LogP contribution >= 0.6 is 0 Å². The zero-order chi connectivity index (χ0) is 14.6. The van der Waals surface area contributed by atoms with Crippen LogP contribution in [0.1, 0.15) is 45.6 Å². The van der Waals surface area contributed by atoms with Crippen LogP contribution in [-0.2, 0) is 5.41 Å². The molecule has 0 aromatic heterocycles. The molecule has 2 N–H and O–H groups in total. The fourth-order valence-electron chi connectivity index (χ4n) is 2.78. The van der Waals surface area contributed by atoms with Crippen LogP contribution in [-0.4, -0.2) is 18.6 Å². The lowest BCUT2D eigenvalue weighted by Gasteiger charge is -2.20. The van der Waals surface area contributed by atoms with E-state index in [-0.39, 0.29) is 0 Å². The Hall–Kier alpha value is -1.53. The van der Waals surface area contributed by atoms with Crippen molar-refractivity contribution in [2.75, 3.05) is 11.9 Å². The van der Waals surface area contributed by atoms with Crippen molar-refractivity contribution in [1.82, 2.24) is 5.32 Å². The molecule has 1 aromatic carbocycles. The van der Waals surface area contributed by atoms with Gasteiger partial charge in [-0.15, -0.1) is 0 Å². The van der Waals surface area contributed by atoms with Crippen molar-refractivity contribution in [3.05, 3.63) is 29.8 Å². The molecule has 2 rings (SSSR count). The van der Waals surface area contributed by atoms with Crippen molar-refractivity contribution >= 4 is 5.69 Å². The van der Waals surface area contributed by atoms with Crippen LogP contribution in [0.5, 0.6) is 0 Å². The minimum atomic E-state index is -0.419. The van der Waals surface area contributed by atoms with Crippen molar-refractivity contribution in [3.63, 3.8) is 0 Å². The Bertz CT molecular complexity index is 464. The Balaban J connectivity index is 1.91. The van der Waals surface area contributed by atoms with Gasteiger partial charge in [-0.3, -0.25) is 0 Å². The molecule has 1 heterocycles. The maximum atomic E-state index is 9.15. The number of benzene rings is 1. The second-order valence-electron chi connectivity index (χ2n) is 6.39. The molecular formula is C17H25N3. The lowest BCUT2D eigenvalue weighted by atomic mass is 9.86. The monoisotopic (exact) mass is 271 g/mol. The Labute approximate surface area is 122 Å². The Kier molecular flexibility index (Phi) is 4.67. The van der Waals surface area contributed by atoms with Crippen LogP contribution in [0.15, 0.2) is 24.3 Å². The van der Waals surface area contributed by atoms with Crippen molar-refractivity contribution in [3.8, 4) is 6.07 Å². The minimum absolute atomic E-state index is 0.419. The van der Waals surface area contributed by atoms with Crippen molar-refractivity contribution < 1.29 is 0 Å². The van der Waals surface area contributed by atoms with Crippen LogP contribution in [0.25, 0.3) is 0 Å². The Morgan fingerprint density at radius 3 is 2.65 bits per heavy atom. The van der Waals surface area contributed by atoms with Crippen molar-refractivity contribution in [2.24, 2.45) is 0 Å². The second kappa shape index (κ2) is 6.28. The number of nitriles is 1. The summed E-state index contributed by atoms with van der Waals surface area (Å²) in [4.78, 5) is 0. The van der Waals surface area contributed by atoms with Crippen LogP contribution in [0.4, 0.5) is 5.69 Å². The van der Waals surface area contributed by atoms with Gasteiger partial charge in [-0.05, 0) is 64.3 Å². The zero-order valence-electron chi connectivity index (χ0n) is 12.7. The summed E-state index contributed by atoms with van der Waals surface area (Å²) in [6.45, 7) is 7.29. The van der Waals surface area contributed by atoms with Gasteiger partial charge >= 0.3 is 0 Å². The van der Waals surface area contributed by atoms with Gasteiger partial charge in [0.1, 0.15) is 0 Å². The van der Waals surface area contributed by atoms with Crippen LogP contribution in [0.2, 0.25) is 0 Å². The molecule has 0 amide bonds. The predicted molar refractivity (Wildman–Crippen MR) is 83.8 cm³/mol. The van der Waals surface area contributed by atoms with Gasteiger partial charge < -0.3 is 10.6 Å². The topological polar surface area (TPSA) is 47.8 Å². The largest absolute Gasteiger partial charge is 0.383 e. The molecule has 2 atom stereocenters. The van der Waals surface area contributed by atoms with E-state index in [0.717, 1.165) is 24.2 Å². The quantitative estimate of drug-likeness (QED) is 0.862. The summed E-state index contributed by atoms with van der Waals surface area (Å²) in [6, 6.07) is 11.7. The van der Waals surface area contributed by atoms with E-state index in [1.165, 1.54) is 12.8 Å². The summed E-state index contributed by atoms with van der Waals surface area (Å²) in [5.74, 6) is 0. The third kappa shape index (κ3) is 3.74. The average Bonchev–Trinajstić information content (AvgIpc) is 2.92. The second-order valence-corrected chi connectivity index (χ2v) is 6.39. The van der Waals surface area contributed by atoms with Gasteiger partial charge in [0.25, 0.3) is 0 Å². The number of anilines is 1. The first-order valence-electron chi connectivity index (χ1n) is 7.53. The highest BCUT2D eigenvalue weighted by Crippen LogP contribution is 2.24. The fraction of sp³-hybridized carbons (Fsp3) is 0.588. The lowest BCUT2D eigenvalue weighted by molar-refractivity contribution is 0.523. The van der Waals surface area contributed by atoms with E-state index in [0.29, 0.717) is 12.1 Å². The smallest absolute Gasteiger partial charge is 0.0766 e. The molecule has 1 aliphatic heterocycles. The molecule has 1 aliphatic rings. The lowest BCUT2D eigenvalue weighted by Crippen LogP contribution is -2.29. The maximum Gasteiger partial charge on any atom is 0.0766 e. The van der Waals surface area contributed by atoms with E-state index >= 15 is 0 Å². The minimum Gasteiger partial charge on any atom is -0.383 e. The maximum absolute atomic E-state index is 9.15. The highest BCUT2D eigenvalue weighted by molar-refractivity contribution is 5.47. The van der Waals surface area contributed by atoms with Gasteiger partial charge in [0.2, 0.25) is 0 Å². The molecule has 108 valence electrons. The summed E-state index contributed by atoms with van der Waals surface area (Å²) in [6.07, 6.45) is 3.75. The third-order valence-corrected chi connectivity index (χ3v) is 4.10. The van der Waals surface area contributed by atoms with Gasteiger partial charge in [0, 0.05) is 17.8 Å². The third-order valence-electron chi connectivity index (χ3n) is 4.10. The number of nitrogens with one attached hydrogen (secondary N) is 2. The van der Waals surface area contributed by atoms with E-state index in [4.69, 9.17) is 5.26 Å². The number of hydrogen-bond donors (Lipinski definition) is 2. The molecule has 3 nitrogen and oxygen atoms in total. The van der Waals surface area contributed by atoms with Gasteiger partial charge in [0.15, 0.2) is 0 Å². The summed E-state index contributed by atoms with van der Waals surface area (Å²) in [5.41, 5.74) is 1.78. The van der Waals surface area contributed by atoms with Crippen LogP contribution < -0.4 is 10.6 Å². The molecule has 3 heteroatoms. The standard InChI is InChI=1S/C17H25N3/c1-13(11-16-5-4-10-19-16)20-15-8-6-14(7-9-15)17(2,3)12-18/h6-9,13,16,19-20H,4-5,10-11H2,1-3H3. The molecule has 0 spiro atoms. The summed E-state index contributed by atoms with van der Waals surface area (Å²) >= 11 is 0. The molecule has 1 fully saturated rings. The molecule has 0 radical (unpaired) electrons. The molecule has 20 heavy (non-hydrogen) atoms. The molecule has 1 aromatic rings. The Morgan fingerprint density at radius 1 is 1.40 bits per heavy atom. The summed E-state index contributed by atoms with van der Waals surface area (Å²) in [7, 11) is 0. The SMILES string of the molecule is CC(CC1CCCN1)Nc1ccc(C(C)(C)C#N)cc1. The predicted octanol–water partition coefficient (Wildman–Crippen LogP) is 3.43. The van der Waals surface area contributed by atoms with Crippen LogP contribution in [0, 0.1) is 11.3 Å². The molecule has 1 saturated heterocycles. The van der Waals surface area contributed by atoms with Crippen molar-refractivity contribution in [1.29, 1.82) is 5.26 Å². The van der Waals surface area contributed by atoms with E-state index in [9.17, 15) is 0 Å². The summed E-state index contributed by atoms with van der Waals surface area (Å²) in [5, 5.41) is 16.2. The first-order valence-corrected chi connectivity index (χ1v) is 7.53. The number of rotatable bonds is 5. The van der Waals surface area contributed by atoms with Crippen LogP contribution in [0.3, 0.4) is 0 Å². The Morgan fingerprint density at radius 2 is 2.10 bits per heavy atom. The van der Waals surface area contributed by atoms with Gasteiger partial charge in [-0.2, -0.15) is 5.26 Å². The molecule has 0 aliphatic carbocycles. The summed E-state index contributed by atoms with van der Waals surface area (Å²) < 4.78 is 0. The van der Waals surface area contributed by atoms with Gasteiger partial charge in [0.05, 0.1) is 11.5 Å². The molecule has 0 bridgehead atoms. The van der Waals surface area contributed by atoms with Crippen molar-refractivity contribution in [2.45, 2.75) is 57.5 Å². The normalized spacial score (nSPS) is 20.4.